The van der Waals surface area contributed by atoms with Gasteiger partial charge in [-0.3, -0.25) is 0 Å². The molecule has 1 N–H and O–H groups in total. The molecule has 1 heterocycles. The number of nitrogens with one attached hydrogen (secondary N) is 1. The van der Waals surface area contributed by atoms with Crippen molar-refractivity contribution < 1.29 is 4.42 Å². The number of rotatable bonds is 5. The van der Waals surface area contributed by atoms with E-state index in [9.17, 15) is 0 Å². The summed E-state index contributed by atoms with van der Waals surface area (Å²) >= 11 is 0. The van der Waals surface area contributed by atoms with E-state index < -0.39 is 0 Å². The van der Waals surface area contributed by atoms with Crippen molar-refractivity contribution in [3.05, 3.63) is 17.8 Å². The van der Waals surface area contributed by atoms with Gasteiger partial charge >= 0.3 is 0 Å². The van der Waals surface area contributed by atoms with E-state index >= 15 is 0 Å². The van der Waals surface area contributed by atoms with Gasteiger partial charge in [-0.1, -0.05) is 39.5 Å². The van der Waals surface area contributed by atoms with Crippen molar-refractivity contribution >= 4 is 0 Å². The van der Waals surface area contributed by atoms with Crippen LogP contribution < -0.4 is 5.32 Å². The first-order valence-electron chi connectivity index (χ1n) is 7.43. The Hall–Kier alpha value is -0.830. The Balaban J connectivity index is 1.84. The molecule has 1 aliphatic rings. The Bertz CT molecular complexity index is 338. The smallest absolute Gasteiger partial charge is 0.195 e. The van der Waals surface area contributed by atoms with Crippen molar-refractivity contribution in [2.45, 2.75) is 70.8 Å². The first-order valence-corrected chi connectivity index (χ1v) is 7.43. The van der Waals surface area contributed by atoms with E-state index in [2.05, 4.69) is 24.1 Å². The zero-order chi connectivity index (χ0) is 12.8. The van der Waals surface area contributed by atoms with Crippen LogP contribution in [0.3, 0.4) is 0 Å². The van der Waals surface area contributed by atoms with Crippen molar-refractivity contribution in [3.63, 3.8) is 0 Å². The molecular weight excluding hydrogens is 224 g/mol. The van der Waals surface area contributed by atoms with Crippen LogP contribution in [0.2, 0.25) is 0 Å². The third-order valence-corrected chi connectivity index (χ3v) is 3.72. The summed E-state index contributed by atoms with van der Waals surface area (Å²) < 4.78 is 5.91. The van der Waals surface area contributed by atoms with E-state index in [-0.39, 0.29) is 0 Å². The summed E-state index contributed by atoms with van der Waals surface area (Å²) in [7, 11) is 0. The summed E-state index contributed by atoms with van der Waals surface area (Å²) in [5.74, 6) is 2.63. The fraction of sp³-hybridized carbons (Fsp3) is 0.800. The largest absolute Gasteiger partial charge is 0.445 e. The van der Waals surface area contributed by atoms with Crippen LogP contribution in [0.5, 0.6) is 0 Å². The molecule has 0 saturated heterocycles. The Labute approximate surface area is 110 Å². The summed E-state index contributed by atoms with van der Waals surface area (Å²) in [6, 6.07) is 0.529. The highest BCUT2D eigenvalue weighted by atomic mass is 16.4. The summed E-state index contributed by atoms with van der Waals surface area (Å²) in [4.78, 5) is 4.41. The fourth-order valence-corrected chi connectivity index (χ4v) is 2.66. The van der Waals surface area contributed by atoms with Crippen LogP contribution in [-0.4, -0.2) is 17.6 Å². The van der Waals surface area contributed by atoms with E-state index in [1.54, 1.807) is 0 Å². The van der Waals surface area contributed by atoms with E-state index in [0.717, 1.165) is 24.6 Å². The molecule has 1 aromatic heterocycles. The fourth-order valence-electron chi connectivity index (χ4n) is 2.66. The summed E-state index contributed by atoms with van der Waals surface area (Å²) in [6.07, 6.45) is 10.9. The average molecular weight is 250 g/mol. The second-order valence-electron chi connectivity index (χ2n) is 5.70. The van der Waals surface area contributed by atoms with Gasteiger partial charge in [0, 0.05) is 24.9 Å². The van der Waals surface area contributed by atoms with Crippen molar-refractivity contribution in [1.29, 1.82) is 0 Å². The Morgan fingerprint density at radius 3 is 2.67 bits per heavy atom. The van der Waals surface area contributed by atoms with Crippen LogP contribution in [0.15, 0.2) is 10.6 Å². The molecule has 1 aromatic rings. The molecule has 0 bridgehead atoms. The average Bonchev–Trinajstić information content (AvgIpc) is 2.63. The molecule has 3 heteroatoms. The van der Waals surface area contributed by atoms with Gasteiger partial charge in [-0.15, -0.1) is 0 Å². The minimum absolute atomic E-state index is 0.529. The topological polar surface area (TPSA) is 38.1 Å². The molecule has 0 amide bonds. The van der Waals surface area contributed by atoms with Gasteiger partial charge in [0.15, 0.2) is 5.89 Å². The minimum atomic E-state index is 0.529. The van der Waals surface area contributed by atoms with Gasteiger partial charge < -0.3 is 9.73 Å². The number of aromatic nitrogens is 1. The zero-order valence-corrected chi connectivity index (χ0v) is 11.7. The first kappa shape index (κ1) is 13.6. The van der Waals surface area contributed by atoms with Crippen LogP contribution in [-0.2, 0) is 6.42 Å². The van der Waals surface area contributed by atoms with Gasteiger partial charge in [-0.25, -0.2) is 4.98 Å². The molecule has 102 valence electrons. The van der Waals surface area contributed by atoms with E-state index in [4.69, 9.17) is 4.42 Å². The van der Waals surface area contributed by atoms with Crippen molar-refractivity contribution in [2.75, 3.05) is 6.54 Å². The molecular formula is C15H26N2O. The standard InChI is InChI=1S/C15H26N2O/c1-12(2)16-10-9-15-17-11-14(18-15)13-7-5-3-4-6-8-13/h11-13,16H,3-10H2,1-2H3. The van der Waals surface area contributed by atoms with Gasteiger partial charge in [-0.05, 0) is 12.8 Å². The lowest BCUT2D eigenvalue weighted by molar-refractivity contribution is 0.399. The Kier molecular flexibility index (Phi) is 5.24. The number of hydrogen-bond donors (Lipinski definition) is 1. The second-order valence-corrected chi connectivity index (χ2v) is 5.70. The van der Waals surface area contributed by atoms with Crippen molar-refractivity contribution in [3.8, 4) is 0 Å². The predicted octanol–water partition coefficient (Wildman–Crippen LogP) is 3.65. The SMILES string of the molecule is CC(C)NCCc1ncc(C2CCCCCC2)o1. The minimum Gasteiger partial charge on any atom is -0.445 e. The lowest BCUT2D eigenvalue weighted by Crippen LogP contribution is -2.24. The van der Waals surface area contributed by atoms with Crippen molar-refractivity contribution in [1.82, 2.24) is 10.3 Å². The van der Waals surface area contributed by atoms with Crippen LogP contribution in [0.4, 0.5) is 0 Å². The second kappa shape index (κ2) is 6.93. The predicted molar refractivity (Wildman–Crippen MR) is 73.8 cm³/mol. The third kappa shape index (κ3) is 4.13. The molecule has 0 unspecified atom stereocenters. The van der Waals surface area contributed by atoms with Gasteiger partial charge in [0.25, 0.3) is 0 Å². The molecule has 0 spiro atoms. The molecule has 0 radical (unpaired) electrons. The van der Waals surface area contributed by atoms with Gasteiger partial charge in [0.1, 0.15) is 5.76 Å². The van der Waals surface area contributed by atoms with Crippen molar-refractivity contribution in [2.24, 2.45) is 0 Å². The maximum atomic E-state index is 5.91. The molecule has 18 heavy (non-hydrogen) atoms. The highest BCUT2D eigenvalue weighted by molar-refractivity contribution is 5.02. The van der Waals surface area contributed by atoms with E-state index in [1.165, 1.54) is 38.5 Å². The maximum absolute atomic E-state index is 5.91. The Morgan fingerprint density at radius 2 is 2.00 bits per heavy atom. The molecule has 1 saturated carbocycles. The lowest BCUT2D eigenvalue weighted by atomic mass is 9.98. The highest BCUT2D eigenvalue weighted by Gasteiger charge is 2.18. The molecule has 0 atom stereocenters. The zero-order valence-electron chi connectivity index (χ0n) is 11.7. The van der Waals surface area contributed by atoms with Gasteiger partial charge in [-0.2, -0.15) is 0 Å². The summed E-state index contributed by atoms with van der Waals surface area (Å²) in [5.41, 5.74) is 0. The van der Waals surface area contributed by atoms with Gasteiger partial charge in [0.2, 0.25) is 0 Å². The Morgan fingerprint density at radius 1 is 1.28 bits per heavy atom. The number of hydrogen-bond acceptors (Lipinski definition) is 3. The summed E-state index contributed by atoms with van der Waals surface area (Å²) in [6.45, 7) is 5.27. The van der Waals surface area contributed by atoms with Crippen LogP contribution in [0, 0.1) is 0 Å². The van der Waals surface area contributed by atoms with E-state index in [0.29, 0.717) is 12.0 Å². The van der Waals surface area contributed by atoms with Gasteiger partial charge in [0.05, 0.1) is 6.20 Å². The monoisotopic (exact) mass is 250 g/mol. The normalized spacial score (nSPS) is 18.2. The molecule has 2 rings (SSSR count). The lowest BCUT2D eigenvalue weighted by Gasteiger charge is -2.09. The van der Waals surface area contributed by atoms with Crippen LogP contribution in [0.1, 0.15) is 69.9 Å². The number of nitrogens with zero attached hydrogens (tertiary/aromatic N) is 1. The molecule has 0 aromatic carbocycles. The molecule has 1 aliphatic carbocycles. The molecule has 0 aliphatic heterocycles. The maximum Gasteiger partial charge on any atom is 0.195 e. The first-order chi connectivity index (χ1) is 8.75. The number of oxazole rings is 1. The molecule has 3 nitrogen and oxygen atoms in total. The highest BCUT2D eigenvalue weighted by Crippen LogP contribution is 2.31. The third-order valence-electron chi connectivity index (χ3n) is 3.72. The summed E-state index contributed by atoms with van der Waals surface area (Å²) in [5, 5.41) is 3.39. The molecule has 1 fully saturated rings. The van der Waals surface area contributed by atoms with Crippen LogP contribution in [0.25, 0.3) is 0 Å². The van der Waals surface area contributed by atoms with Crippen LogP contribution >= 0.6 is 0 Å². The quantitative estimate of drug-likeness (QED) is 0.811. The van der Waals surface area contributed by atoms with E-state index in [1.807, 2.05) is 6.20 Å².